The highest BCUT2D eigenvalue weighted by atomic mass is 16.5. The molecule has 5 nitrogen and oxygen atoms in total. The molecule has 1 aromatic heterocycles. The molecule has 4 rings (SSSR count). The summed E-state index contributed by atoms with van der Waals surface area (Å²) >= 11 is 0. The summed E-state index contributed by atoms with van der Waals surface area (Å²) in [6.07, 6.45) is 6.50. The minimum absolute atomic E-state index is 0.158. The zero-order valence-electron chi connectivity index (χ0n) is 14.8. The van der Waals surface area contributed by atoms with E-state index in [1.807, 2.05) is 17.0 Å². The molecule has 1 saturated heterocycles. The number of aromatic nitrogens is 2. The average Bonchev–Trinajstić information content (AvgIpc) is 3.33. The molecule has 2 aromatic rings. The van der Waals surface area contributed by atoms with Gasteiger partial charge in [-0.3, -0.25) is 4.79 Å². The zero-order valence-corrected chi connectivity index (χ0v) is 14.8. The Morgan fingerprint density at radius 2 is 2.04 bits per heavy atom. The molecular formula is C20H25N3O2. The fourth-order valence-corrected chi connectivity index (χ4v) is 4.11. The number of piperidine rings is 1. The van der Waals surface area contributed by atoms with Gasteiger partial charge in [-0.1, -0.05) is 41.8 Å². The first-order valence-electron chi connectivity index (χ1n) is 9.40. The van der Waals surface area contributed by atoms with Crippen molar-refractivity contribution in [1.82, 2.24) is 15.0 Å². The van der Waals surface area contributed by atoms with E-state index in [0.717, 1.165) is 37.8 Å². The van der Waals surface area contributed by atoms with Crippen molar-refractivity contribution in [3.63, 3.8) is 0 Å². The van der Waals surface area contributed by atoms with Crippen LogP contribution in [0.1, 0.15) is 55.9 Å². The van der Waals surface area contributed by atoms with E-state index >= 15 is 0 Å². The molecule has 1 atom stereocenters. The first-order chi connectivity index (χ1) is 12.2. The molecule has 0 bridgehead atoms. The van der Waals surface area contributed by atoms with Crippen LogP contribution in [-0.4, -0.2) is 34.0 Å². The molecule has 0 spiro atoms. The fraction of sp³-hybridized carbons (Fsp3) is 0.550. The van der Waals surface area contributed by atoms with Gasteiger partial charge in [-0.25, -0.2) is 0 Å². The largest absolute Gasteiger partial charge is 0.342 e. The third kappa shape index (κ3) is 3.46. The fourth-order valence-electron chi connectivity index (χ4n) is 4.11. The molecule has 1 aromatic carbocycles. The van der Waals surface area contributed by atoms with Gasteiger partial charge in [-0.2, -0.15) is 4.98 Å². The number of likely N-dealkylation sites (tertiary alicyclic amines) is 1. The second-order valence-corrected chi connectivity index (χ2v) is 7.43. The molecule has 1 aliphatic heterocycles. The van der Waals surface area contributed by atoms with Crippen LogP contribution in [0.15, 0.2) is 28.8 Å². The summed E-state index contributed by atoms with van der Waals surface area (Å²) in [4.78, 5) is 19.3. The second kappa shape index (κ2) is 6.98. The monoisotopic (exact) mass is 339 g/mol. The number of hydrogen-bond donors (Lipinski definition) is 0. The van der Waals surface area contributed by atoms with E-state index < -0.39 is 0 Å². The van der Waals surface area contributed by atoms with Gasteiger partial charge in [0.2, 0.25) is 17.6 Å². The summed E-state index contributed by atoms with van der Waals surface area (Å²) < 4.78 is 5.55. The van der Waals surface area contributed by atoms with Crippen LogP contribution in [-0.2, 0) is 4.79 Å². The van der Waals surface area contributed by atoms with Gasteiger partial charge in [0.15, 0.2) is 0 Å². The summed E-state index contributed by atoms with van der Waals surface area (Å²) in [7, 11) is 0. The van der Waals surface area contributed by atoms with Crippen LogP contribution in [0.25, 0.3) is 11.4 Å². The number of benzene rings is 1. The molecule has 5 heteroatoms. The topological polar surface area (TPSA) is 59.2 Å². The van der Waals surface area contributed by atoms with Gasteiger partial charge in [-0.15, -0.1) is 0 Å². The van der Waals surface area contributed by atoms with Crippen LogP contribution in [0.3, 0.4) is 0 Å². The van der Waals surface area contributed by atoms with Gasteiger partial charge in [-0.05, 0) is 38.7 Å². The van der Waals surface area contributed by atoms with Crippen molar-refractivity contribution in [2.24, 2.45) is 5.92 Å². The number of amides is 1. The normalized spacial score (nSPS) is 21.6. The number of carbonyl (C=O) groups excluding carboxylic acids is 1. The number of nitrogens with zero attached hydrogens (tertiary/aromatic N) is 3. The van der Waals surface area contributed by atoms with E-state index in [9.17, 15) is 4.79 Å². The molecule has 25 heavy (non-hydrogen) atoms. The minimum Gasteiger partial charge on any atom is -0.342 e. The highest BCUT2D eigenvalue weighted by molar-refractivity contribution is 5.79. The lowest BCUT2D eigenvalue weighted by atomic mass is 9.96. The summed E-state index contributed by atoms with van der Waals surface area (Å²) in [5, 5.41) is 4.16. The standard InChI is InChI=1S/C20H25N3O2/c1-14-6-4-9-16(12-14)18-21-19(25-22-18)17-10-5-11-23(13-17)20(24)15-7-2-3-8-15/h4,6,9,12,15,17H,2-3,5,7-8,10-11,13H2,1H3. The lowest BCUT2D eigenvalue weighted by molar-refractivity contribution is -0.136. The maximum Gasteiger partial charge on any atom is 0.231 e. The first-order valence-corrected chi connectivity index (χ1v) is 9.40. The van der Waals surface area contributed by atoms with Crippen LogP contribution >= 0.6 is 0 Å². The number of carbonyl (C=O) groups is 1. The van der Waals surface area contributed by atoms with Crippen molar-refractivity contribution in [3.8, 4) is 11.4 Å². The summed E-state index contributed by atoms with van der Waals surface area (Å²) in [6, 6.07) is 8.12. The molecule has 0 N–H and O–H groups in total. The summed E-state index contributed by atoms with van der Waals surface area (Å²) in [5.74, 6) is 2.04. The number of aryl methyl sites for hydroxylation is 1. The molecular weight excluding hydrogens is 314 g/mol. The maximum absolute atomic E-state index is 12.7. The van der Waals surface area contributed by atoms with Crippen molar-refractivity contribution in [1.29, 1.82) is 0 Å². The van der Waals surface area contributed by atoms with Crippen LogP contribution < -0.4 is 0 Å². The Bertz CT molecular complexity index is 749. The summed E-state index contributed by atoms with van der Waals surface area (Å²) in [6.45, 7) is 3.63. The van der Waals surface area contributed by atoms with E-state index in [4.69, 9.17) is 4.52 Å². The van der Waals surface area contributed by atoms with Gasteiger partial charge >= 0.3 is 0 Å². The predicted molar refractivity (Wildman–Crippen MR) is 95.0 cm³/mol. The molecule has 1 aliphatic carbocycles. The Morgan fingerprint density at radius 1 is 1.20 bits per heavy atom. The zero-order chi connectivity index (χ0) is 17.2. The first kappa shape index (κ1) is 16.3. The van der Waals surface area contributed by atoms with Crippen LogP contribution in [0.5, 0.6) is 0 Å². The molecule has 2 fully saturated rings. The molecule has 1 saturated carbocycles. The molecule has 1 amide bonds. The average molecular weight is 339 g/mol. The Labute approximate surface area is 148 Å². The highest BCUT2D eigenvalue weighted by Crippen LogP contribution is 2.31. The van der Waals surface area contributed by atoms with Crippen molar-refractivity contribution < 1.29 is 9.32 Å². The Balaban J connectivity index is 1.47. The third-order valence-corrected chi connectivity index (χ3v) is 5.50. The van der Waals surface area contributed by atoms with E-state index in [-0.39, 0.29) is 11.8 Å². The van der Waals surface area contributed by atoms with Crippen LogP contribution in [0.4, 0.5) is 0 Å². The van der Waals surface area contributed by atoms with Gasteiger partial charge in [0.05, 0.1) is 5.92 Å². The van der Waals surface area contributed by atoms with E-state index in [1.165, 1.54) is 18.4 Å². The SMILES string of the molecule is Cc1cccc(-c2noc(C3CCCN(C(=O)C4CCCC4)C3)n2)c1. The van der Waals surface area contributed by atoms with Crippen LogP contribution in [0.2, 0.25) is 0 Å². The smallest absolute Gasteiger partial charge is 0.231 e. The summed E-state index contributed by atoms with van der Waals surface area (Å²) in [5.41, 5.74) is 2.15. The lowest BCUT2D eigenvalue weighted by Gasteiger charge is -2.32. The second-order valence-electron chi connectivity index (χ2n) is 7.43. The van der Waals surface area contributed by atoms with Gasteiger partial charge in [0.25, 0.3) is 0 Å². The maximum atomic E-state index is 12.7. The minimum atomic E-state index is 0.158. The number of hydrogen-bond acceptors (Lipinski definition) is 4. The van der Waals surface area contributed by atoms with Crippen molar-refractivity contribution in [3.05, 3.63) is 35.7 Å². The molecule has 2 aliphatic rings. The Morgan fingerprint density at radius 3 is 2.84 bits per heavy atom. The van der Waals surface area contributed by atoms with Crippen molar-refractivity contribution >= 4 is 5.91 Å². The predicted octanol–water partition coefficient (Wildman–Crippen LogP) is 3.94. The molecule has 1 unspecified atom stereocenters. The van der Waals surface area contributed by atoms with Crippen LogP contribution in [0, 0.1) is 12.8 Å². The number of rotatable bonds is 3. The van der Waals surface area contributed by atoms with Gasteiger partial charge in [0.1, 0.15) is 0 Å². The highest BCUT2D eigenvalue weighted by Gasteiger charge is 2.33. The Hall–Kier alpha value is -2.17. The van der Waals surface area contributed by atoms with E-state index in [0.29, 0.717) is 24.2 Å². The molecule has 132 valence electrons. The van der Waals surface area contributed by atoms with Crippen molar-refractivity contribution in [2.45, 2.75) is 51.4 Å². The lowest BCUT2D eigenvalue weighted by Crippen LogP contribution is -2.41. The van der Waals surface area contributed by atoms with Gasteiger partial charge in [0, 0.05) is 24.6 Å². The van der Waals surface area contributed by atoms with Crippen molar-refractivity contribution in [2.75, 3.05) is 13.1 Å². The quantitative estimate of drug-likeness (QED) is 0.850. The van der Waals surface area contributed by atoms with Gasteiger partial charge < -0.3 is 9.42 Å². The third-order valence-electron chi connectivity index (χ3n) is 5.50. The Kier molecular flexibility index (Phi) is 4.55. The van der Waals surface area contributed by atoms with E-state index in [1.54, 1.807) is 0 Å². The van der Waals surface area contributed by atoms with E-state index in [2.05, 4.69) is 29.2 Å². The molecule has 2 heterocycles. The molecule has 0 radical (unpaired) electrons.